The minimum Gasteiger partial charge on any atom is -0.393 e. The summed E-state index contributed by atoms with van der Waals surface area (Å²) in [6.45, 7) is 0. The first-order valence-electron chi connectivity index (χ1n) is 7.05. The fourth-order valence-electron chi connectivity index (χ4n) is 3.34. The number of aliphatic hydroxyl groups is 1. The molecule has 2 nitrogen and oxygen atoms in total. The molecule has 0 aliphatic heterocycles. The zero-order valence-electron chi connectivity index (χ0n) is 10.8. The Morgan fingerprint density at radius 2 is 1.89 bits per heavy atom. The van der Waals surface area contributed by atoms with Gasteiger partial charge in [-0.1, -0.05) is 15.9 Å². The first-order chi connectivity index (χ1) is 9.13. The van der Waals surface area contributed by atoms with Gasteiger partial charge in [-0.25, -0.2) is 4.39 Å². The van der Waals surface area contributed by atoms with Crippen molar-refractivity contribution in [1.29, 1.82) is 0 Å². The van der Waals surface area contributed by atoms with Crippen LogP contribution in [0.25, 0.3) is 0 Å². The maximum absolute atomic E-state index is 13.9. The van der Waals surface area contributed by atoms with Gasteiger partial charge in [0.25, 0.3) is 0 Å². The van der Waals surface area contributed by atoms with Gasteiger partial charge in [-0.15, -0.1) is 0 Å². The van der Waals surface area contributed by atoms with Gasteiger partial charge < -0.3 is 10.4 Å². The van der Waals surface area contributed by atoms with Gasteiger partial charge in [0, 0.05) is 16.6 Å². The van der Waals surface area contributed by atoms with Crippen molar-refractivity contribution < 1.29 is 9.50 Å². The SMILES string of the molecule is OC1CCC(NC2CCc3c(F)cc(Br)cc32)CC1. The molecular weight excluding hydrogens is 309 g/mol. The van der Waals surface area contributed by atoms with E-state index in [1.165, 1.54) is 0 Å². The number of halogens is 2. The molecule has 1 aromatic rings. The Hall–Kier alpha value is -0.450. The fraction of sp³-hybridized carbons (Fsp3) is 0.600. The number of fused-ring (bicyclic) bond motifs is 1. The van der Waals surface area contributed by atoms with Crippen molar-refractivity contribution in [3.8, 4) is 0 Å². The minimum atomic E-state index is -0.125. The van der Waals surface area contributed by atoms with E-state index in [1.54, 1.807) is 6.07 Å². The summed E-state index contributed by atoms with van der Waals surface area (Å²) in [6, 6.07) is 4.32. The summed E-state index contributed by atoms with van der Waals surface area (Å²) in [4.78, 5) is 0. The monoisotopic (exact) mass is 327 g/mol. The van der Waals surface area contributed by atoms with E-state index in [1.807, 2.05) is 6.07 Å². The molecule has 0 saturated heterocycles. The highest BCUT2D eigenvalue weighted by Gasteiger charge is 2.29. The molecule has 1 atom stereocenters. The number of rotatable bonds is 2. The summed E-state index contributed by atoms with van der Waals surface area (Å²) in [5, 5.41) is 13.2. The van der Waals surface area contributed by atoms with E-state index in [0.717, 1.165) is 54.1 Å². The van der Waals surface area contributed by atoms with Gasteiger partial charge in [0.1, 0.15) is 5.82 Å². The largest absolute Gasteiger partial charge is 0.393 e. The summed E-state index contributed by atoms with van der Waals surface area (Å²) in [7, 11) is 0. The Morgan fingerprint density at radius 3 is 2.63 bits per heavy atom. The third-order valence-corrected chi connectivity index (χ3v) is 4.84. The molecule has 0 heterocycles. The molecule has 1 saturated carbocycles. The van der Waals surface area contributed by atoms with Crippen LogP contribution < -0.4 is 5.32 Å². The lowest BCUT2D eigenvalue weighted by Crippen LogP contribution is -2.36. The molecule has 3 rings (SSSR count). The van der Waals surface area contributed by atoms with Gasteiger partial charge in [0.05, 0.1) is 6.10 Å². The van der Waals surface area contributed by atoms with Crippen molar-refractivity contribution in [1.82, 2.24) is 5.32 Å². The van der Waals surface area contributed by atoms with Gasteiger partial charge in [0.2, 0.25) is 0 Å². The molecule has 1 aromatic carbocycles. The minimum absolute atomic E-state index is 0.0901. The van der Waals surface area contributed by atoms with E-state index < -0.39 is 0 Å². The summed E-state index contributed by atoms with van der Waals surface area (Å²) in [6.07, 6.45) is 5.46. The summed E-state index contributed by atoms with van der Waals surface area (Å²) in [5.41, 5.74) is 1.98. The van der Waals surface area contributed by atoms with E-state index in [9.17, 15) is 9.50 Å². The van der Waals surface area contributed by atoms with E-state index >= 15 is 0 Å². The molecule has 19 heavy (non-hydrogen) atoms. The maximum Gasteiger partial charge on any atom is 0.127 e. The van der Waals surface area contributed by atoms with Crippen LogP contribution in [0.15, 0.2) is 16.6 Å². The molecule has 0 bridgehead atoms. The van der Waals surface area contributed by atoms with Crippen molar-refractivity contribution >= 4 is 15.9 Å². The zero-order chi connectivity index (χ0) is 13.4. The molecule has 4 heteroatoms. The van der Waals surface area contributed by atoms with Gasteiger partial charge >= 0.3 is 0 Å². The van der Waals surface area contributed by atoms with Gasteiger partial charge in [0.15, 0.2) is 0 Å². The second-order valence-electron chi connectivity index (χ2n) is 5.72. The molecule has 2 aliphatic carbocycles. The third-order valence-electron chi connectivity index (χ3n) is 4.39. The third kappa shape index (κ3) is 2.86. The van der Waals surface area contributed by atoms with E-state index in [4.69, 9.17) is 0 Å². The number of nitrogens with one attached hydrogen (secondary N) is 1. The topological polar surface area (TPSA) is 32.3 Å². The van der Waals surface area contributed by atoms with Crippen LogP contribution in [0.3, 0.4) is 0 Å². The molecule has 1 fully saturated rings. The van der Waals surface area contributed by atoms with Gasteiger partial charge in [-0.2, -0.15) is 0 Å². The summed E-state index contributed by atoms with van der Waals surface area (Å²) >= 11 is 3.38. The predicted molar refractivity (Wildman–Crippen MR) is 76.6 cm³/mol. The van der Waals surface area contributed by atoms with Crippen molar-refractivity contribution in [2.75, 3.05) is 0 Å². The van der Waals surface area contributed by atoms with Crippen LogP contribution in [-0.2, 0) is 6.42 Å². The lowest BCUT2D eigenvalue weighted by molar-refractivity contribution is 0.114. The van der Waals surface area contributed by atoms with Gasteiger partial charge in [-0.05, 0) is 61.8 Å². The Labute approximate surface area is 121 Å². The number of aliphatic hydroxyl groups excluding tert-OH is 1. The van der Waals surface area contributed by atoms with Crippen LogP contribution in [0.5, 0.6) is 0 Å². The van der Waals surface area contributed by atoms with Crippen molar-refractivity contribution in [3.63, 3.8) is 0 Å². The number of hydrogen-bond donors (Lipinski definition) is 2. The Kier molecular flexibility index (Phi) is 3.92. The van der Waals surface area contributed by atoms with Crippen LogP contribution in [0, 0.1) is 5.82 Å². The number of benzene rings is 1. The lowest BCUT2D eigenvalue weighted by Gasteiger charge is -2.29. The molecule has 0 radical (unpaired) electrons. The Morgan fingerprint density at radius 1 is 1.16 bits per heavy atom. The Bertz CT molecular complexity index is 471. The second-order valence-corrected chi connectivity index (χ2v) is 6.63. The average Bonchev–Trinajstić information content (AvgIpc) is 2.76. The fourth-order valence-corrected chi connectivity index (χ4v) is 3.79. The highest BCUT2D eigenvalue weighted by Crippen LogP contribution is 2.36. The van der Waals surface area contributed by atoms with E-state index in [0.29, 0.717) is 6.04 Å². The van der Waals surface area contributed by atoms with Crippen LogP contribution in [-0.4, -0.2) is 17.3 Å². The first-order valence-corrected chi connectivity index (χ1v) is 7.84. The van der Waals surface area contributed by atoms with Crippen LogP contribution in [0.2, 0.25) is 0 Å². The van der Waals surface area contributed by atoms with Crippen LogP contribution in [0.4, 0.5) is 4.39 Å². The lowest BCUT2D eigenvalue weighted by atomic mass is 9.92. The predicted octanol–water partition coefficient (Wildman–Crippen LogP) is 3.47. The summed E-state index contributed by atoms with van der Waals surface area (Å²) < 4.78 is 14.7. The Balaban J connectivity index is 1.72. The molecule has 0 aromatic heterocycles. The second kappa shape index (κ2) is 5.51. The smallest absolute Gasteiger partial charge is 0.127 e. The zero-order valence-corrected chi connectivity index (χ0v) is 12.4. The first kappa shape index (κ1) is 13.5. The van der Waals surface area contributed by atoms with Crippen molar-refractivity contribution in [2.24, 2.45) is 0 Å². The van der Waals surface area contributed by atoms with Gasteiger partial charge in [-0.3, -0.25) is 0 Å². The summed E-state index contributed by atoms with van der Waals surface area (Å²) in [5.74, 6) is -0.0901. The maximum atomic E-state index is 13.9. The highest BCUT2D eigenvalue weighted by molar-refractivity contribution is 9.10. The van der Waals surface area contributed by atoms with E-state index in [2.05, 4.69) is 21.2 Å². The highest BCUT2D eigenvalue weighted by atomic mass is 79.9. The molecule has 2 aliphatic rings. The molecule has 104 valence electrons. The van der Waals surface area contributed by atoms with Crippen molar-refractivity contribution in [3.05, 3.63) is 33.5 Å². The van der Waals surface area contributed by atoms with Crippen LogP contribution >= 0.6 is 15.9 Å². The normalized spacial score (nSPS) is 30.4. The van der Waals surface area contributed by atoms with Crippen LogP contribution in [0.1, 0.15) is 49.3 Å². The van der Waals surface area contributed by atoms with E-state index in [-0.39, 0.29) is 18.0 Å². The molecule has 2 N–H and O–H groups in total. The molecule has 0 spiro atoms. The van der Waals surface area contributed by atoms with Crippen molar-refractivity contribution in [2.45, 2.75) is 56.7 Å². The average molecular weight is 328 g/mol. The number of hydrogen-bond acceptors (Lipinski definition) is 2. The standard InChI is InChI=1S/C15H19BrFNO/c16-9-7-13-12(14(17)8-9)5-6-15(13)18-10-1-3-11(19)4-2-10/h7-8,10-11,15,18-19H,1-6H2. The molecule has 1 unspecified atom stereocenters. The quantitative estimate of drug-likeness (QED) is 0.871. The molecule has 0 amide bonds. The molecular formula is C15H19BrFNO.